The molecule has 0 spiro atoms. The maximum atomic E-state index is 12.4. The number of aliphatic hydroxyl groups is 1. The molecular weight excluding hydrogens is 266 g/mol. The predicted octanol–water partition coefficient (Wildman–Crippen LogP) is 2.61. The molecule has 1 aliphatic carbocycles. The Labute approximate surface area is 126 Å². The average molecular weight is 291 g/mol. The zero-order chi connectivity index (χ0) is 15.5. The van der Waals surface area contributed by atoms with Gasteiger partial charge in [0.05, 0.1) is 18.8 Å². The highest BCUT2D eigenvalue weighted by Crippen LogP contribution is 2.39. The van der Waals surface area contributed by atoms with Crippen molar-refractivity contribution in [3.8, 4) is 5.75 Å². The van der Waals surface area contributed by atoms with Gasteiger partial charge in [-0.3, -0.25) is 4.79 Å². The number of nitrogens with one attached hydrogen (secondary N) is 1. The number of hydrogen-bond acceptors (Lipinski definition) is 3. The van der Waals surface area contributed by atoms with E-state index in [0.29, 0.717) is 29.8 Å². The third-order valence-corrected chi connectivity index (χ3v) is 3.89. The van der Waals surface area contributed by atoms with E-state index in [9.17, 15) is 9.90 Å². The second-order valence-electron chi connectivity index (χ2n) is 6.54. The first-order valence-corrected chi connectivity index (χ1v) is 7.61. The van der Waals surface area contributed by atoms with Crippen LogP contribution in [0.1, 0.15) is 44.0 Å². The fraction of sp³-hybridized carbons (Fsp3) is 0.588. The van der Waals surface area contributed by atoms with Crippen LogP contribution >= 0.6 is 0 Å². The topological polar surface area (TPSA) is 58.6 Å². The van der Waals surface area contributed by atoms with Crippen LogP contribution in [0.25, 0.3) is 0 Å². The first-order chi connectivity index (χ1) is 9.94. The zero-order valence-electron chi connectivity index (χ0n) is 13.1. The van der Waals surface area contributed by atoms with Gasteiger partial charge in [-0.05, 0) is 49.8 Å². The van der Waals surface area contributed by atoms with Gasteiger partial charge in [0.25, 0.3) is 5.91 Å². The molecule has 0 heterocycles. The Morgan fingerprint density at radius 1 is 1.48 bits per heavy atom. The number of benzene rings is 1. The fourth-order valence-electron chi connectivity index (χ4n) is 2.31. The van der Waals surface area contributed by atoms with Gasteiger partial charge in [0.15, 0.2) is 0 Å². The summed E-state index contributed by atoms with van der Waals surface area (Å²) in [4.78, 5) is 12.4. The number of hydrogen-bond donors (Lipinski definition) is 2. The minimum atomic E-state index is -0.522. The molecule has 0 bridgehead atoms. The van der Waals surface area contributed by atoms with Crippen LogP contribution in [0.2, 0.25) is 0 Å². The molecule has 1 aliphatic rings. The van der Waals surface area contributed by atoms with Crippen LogP contribution in [0.15, 0.2) is 24.3 Å². The minimum Gasteiger partial charge on any atom is -0.493 e. The highest BCUT2D eigenvalue weighted by Gasteiger charge is 2.42. The molecule has 0 saturated heterocycles. The van der Waals surface area contributed by atoms with Gasteiger partial charge in [-0.1, -0.05) is 19.9 Å². The summed E-state index contributed by atoms with van der Waals surface area (Å²) in [7, 11) is 0. The quantitative estimate of drug-likeness (QED) is 0.812. The van der Waals surface area contributed by atoms with Crippen molar-refractivity contribution in [1.29, 1.82) is 0 Å². The van der Waals surface area contributed by atoms with E-state index < -0.39 is 5.54 Å². The second kappa shape index (κ2) is 6.48. The van der Waals surface area contributed by atoms with E-state index in [1.165, 1.54) is 0 Å². The van der Waals surface area contributed by atoms with Crippen molar-refractivity contribution < 1.29 is 14.6 Å². The average Bonchev–Trinajstić information content (AvgIpc) is 3.30. The summed E-state index contributed by atoms with van der Waals surface area (Å²) >= 11 is 0. The molecule has 4 heteroatoms. The van der Waals surface area contributed by atoms with E-state index >= 15 is 0 Å². The van der Waals surface area contributed by atoms with Crippen molar-refractivity contribution in [1.82, 2.24) is 5.32 Å². The van der Waals surface area contributed by atoms with Gasteiger partial charge in [0.1, 0.15) is 5.75 Å². The maximum Gasteiger partial charge on any atom is 0.251 e. The lowest BCUT2D eigenvalue weighted by molar-refractivity contribution is 0.0824. The first kappa shape index (κ1) is 15.8. The number of amides is 1. The van der Waals surface area contributed by atoms with Gasteiger partial charge >= 0.3 is 0 Å². The highest BCUT2D eigenvalue weighted by atomic mass is 16.5. The van der Waals surface area contributed by atoms with E-state index in [1.54, 1.807) is 12.1 Å². The predicted molar refractivity (Wildman–Crippen MR) is 82.5 cm³/mol. The Balaban J connectivity index is 2.03. The lowest BCUT2D eigenvalue weighted by Gasteiger charge is -2.28. The van der Waals surface area contributed by atoms with Crippen molar-refractivity contribution in [2.75, 3.05) is 13.2 Å². The standard InChI is InChI=1S/C17H25NO3/c1-12(2)10-21-15-6-4-5-13(9-15)16(20)18-17(3,11-19)14-7-8-14/h4-6,9,12,14,19H,7-8,10-11H2,1-3H3,(H,18,20). The molecule has 0 radical (unpaired) electrons. The molecule has 1 saturated carbocycles. The molecule has 1 unspecified atom stereocenters. The molecule has 1 aromatic carbocycles. The number of rotatable bonds is 7. The molecule has 1 amide bonds. The van der Waals surface area contributed by atoms with Gasteiger partial charge in [-0.25, -0.2) is 0 Å². The Bertz CT molecular complexity index is 497. The fourth-order valence-corrected chi connectivity index (χ4v) is 2.31. The third-order valence-electron chi connectivity index (χ3n) is 3.89. The zero-order valence-corrected chi connectivity index (χ0v) is 13.1. The van der Waals surface area contributed by atoms with Crippen LogP contribution in [0.4, 0.5) is 0 Å². The van der Waals surface area contributed by atoms with E-state index in [-0.39, 0.29) is 12.5 Å². The second-order valence-corrected chi connectivity index (χ2v) is 6.54. The van der Waals surface area contributed by atoms with Gasteiger partial charge in [-0.2, -0.15) is 0 Å². The molecule has 2 N–H and O–H groups in total. The lowest BCUT2D eigenvalue weighted by atomic mass is 9.96. The largest absolute Gasteiger partial charge is 0.493 e. The van der Waals surface area contributed by atoms with Crippen LogP contribution in [0, 0.1) is 11.8 Å². The molecule has 0 aromatic heterocycles. The Hall–Kier alpha value is -1.55. The van der Waals surface area contributed by atoms with Crippen molar-refractivity contribution in [3.05, 3.63) is 29.8 Å². The number of carbonyl (C=O) groups is 1. The molecule has 0 aliphatic heterocycles. The van der Waals surface area contributed by atoms with E-state index in [1.807, 2.05) is 19.1 Å². The molecule has 1 aromatic rings. The summed E-state index contributed by atoms with van der Waals surface area (Å²) in [6, 6.07) is 7.19. The Kier molecular flexibility index (Phi) is 4.88. The van der Waals surface area contributed by atoms with Crippen LogP contribution in [0.5, 0.6) is 5.75 Å². The summed E-state index contributed by atoms with van der Waals surface area (Å²) in [6.45, 7) is 6.66. The van der Waals surface area contributed by atoms with Gasteiger partial charge in [-0.15, -0.1) is 0 Å². The van der Waals surface area contributed by atoms with Crippen LogP contribution < -0.4 is 10.1 Å². The molecule has 1 fully saturated rings. The highest BCUT2D eigenvalue weighted by molar-refractivity contribution is 5.95. The van der Waals surface area contributed by atoms with Crippen molar-refractivity contribution >= 4 is 5.91 Å². The molecule has 1 atom stereocenters. The number of ether oxygens (including phenoxy) is 1. The Morgan fingerprint density at radius 2 is 2.19 bits per heavy atom. The minimum absolute atomic E-state index is 0.0348. The van der Waals surface area contributed by atoms with Gasteiger partial charge in [0, 0.05) is 5.56 Å². The van der Waals surface area contributed by atoms with Crippen molar-refractivity contribution in [2.45, 2.75) is 39.2 Å². The van der Waals surface area contributed by atoms with E-state index in [4.69, 9.17) is 4.74 Å². The van der Waals surface area contributed by atoms with Crippen LogP contribution in [-0.4, -0.2) is 29.8 Å². The molecule has 21 heavy (non-hydrogen) atoms. The van der Waals surface area contributed by atoms with Crippen molar-refractivity contribution in [2.24, 2.45) is 11.8 Å². The maximum absolute atomic E-state index is 12.4. The lowest BCUT2D eigenvalue weighted by Crippen LogP contribution is -2.50. The van der Waals surface area contributed by atoms with Crippen molar-refractivity contribution in [3.63, 3.8) is 0 Å². The van der Waals surface area contributed by atoms with Gasteiger partial charge in [0.2, 0.25) is 0 Å². The number of aliphatic hydroxyl groups excluding tert-OH is 1. The summed E-state index contributed by atoms with van der Waals surface area (Å²) in [5.41, 5.74) is 0.0443. The van der Waals surface area contributed by atoms with E-state index in [2.05, 4.69) is 19.2 Å². The third kappa shape index (κ3) is 4.21. The summed E-state index contributed by atoms with van der Waals surface area (Å²) in [6.07, 6.45) is 2.13. The van der Waals surface area contributed by atoms with E-state index in [0.717, 1.165) is 12.8 Å². The molecular formula is C17H25NO3. The molecule has 116 valence electrons. The van der Waals surface area contributed by atoms with Crippen LogP contribution in [-0.2, 0) is 0 Å². The van der Waals surface area contributed by atoms with Crippen LogP contribution in [0.3, 0.4) is 0 Å². The summed E-state index contributed by atoms with van der Waals surface area (Å²) in [5.74, 6) is 1.36. The summed E-state index contributed by atoms with van der Waals surface area (Å²) in [5, 5.41) is 12.5. The number of carbonyl (C=O) groups excluding carboxylic acids is 1. The first-order valence-electron chi connectivity index (χ1n) is 7.61. The van der Waals surface area contributed by atoms with Gasteiger partial charge < -0.3 is 15.2 Å². The molecule has 2 rings (SSSR count). The SMILES string of the molecule is CC(C)COc1cccc(C(=O)NC(C)(CO)C2CC2)c1. The summed E-state index contributed by atoms with van der Waals surface area (Å²) < 4.78 is 5.65. The smallest absolute Gasteiger partial charge is 0.251 e. The monoisotopic (exact) mass is 291 g/mol. The molecule has 4 nitrogen and oxygen atoms in total. The Morgan fingerprint density at radius 3 is 2.76 bits per heavy atom. The normalized spacial score (nSPS) is 17.4.